The van der Waals surface area contributed by atoms with Gasteiger partial charge in [0.05, 0.1) is 4.91 Å². The Morgan fingerprint density at radius 3 is 2.47 bits per heavy atom. The van der Waals surface area contributed by atoms with Gasteiger partial charge in [0.1, 0.15) is 21.8 Å². The molecule has 0 aliphatic carbocycles. The third kappa shape index (κ3) is 4.79. The summed E-state index contributed by atoms with van der Waals surface area (Å²) in [4.78, 5) is 30.8. The molecule has 0 unspecified atom stereocenters. The minimum absolute atomic E-state index is 0.0854. The van der Waals surface area contributed by atoms with Crippen molar-refractivity contribution in [3.63, 3.8) is 0 Å². The Morgan fingerprint density at radius 1 is 1.19 bits per heavy atom. The second-order valence-electron chi connectivity index (χ2n) is 8.66. The van der Waals surface area contributed by atoms with Crippen LogP contribution in [0.25, 0.3) is 6.08 Å². The van der Waals surface area contributed by atoms with Crippen LogP contribution < -0.4 is 10.5 Å². The molecule has 8 heteroatoms. The number of unbranched alkanes of at least 4 members (excludes halogenated alkanes) is 1. The van der Waals surface area contributed by atoms with Crippen LogP contribution in [-0.2, 0) is 11.3 Å². The fourth-order valence-electron chi connectivity index (χ4n) is 4.28. The van der Waals surface area contributed by atoms with Crippen molar-refractivity contribution in [2.24, 2.45) is 5.92 Å². The number of thioether (sulfide) groups is 1. The van der Waals surface area contributed by atoms with E-state index in [1.165, 1.54) is 11.8 Å². The number of thiocarbonyl (C=S) groups is 1. The number of nitriles is 1. The van der Waals surface area contributed by atoms with E-state index in [4.69, 9.17) is 12.2 Å². The van der Waals surface area contributed by atoms with Gasteiger partial charge >= 0.3 is 0 Å². The van der Waals surface area contributed by atoms with Crippen LogP contribution in [0.15, 0.2) is 9.70 Å². The van der Waals surface area contributed by atoms with E-state index in [0.29, 0.717) is 33.8 Å². The molecule has 0 saturated carbocycles. The Bertz CT molecular complexity index is 1030. The van der Waals surface area contributed by atoms with Gasteiger partial charge < -0.3 is 4.90 Å². The van der Waals surface area contributed by atoms with Gasteiger partial charge in [-0.3, -0.25) is 19.1 Å². The zero-order chi connectivity index (χ0) is 23.4. The fraction of sp³-hybridized carbons (Fsp3) is 0.583. The van der Waals surface area contributed by atoms with E-state index in [0.717, 1.165) is 56.6 Å². The number of anilines is 1. The van der Waals surface area contributed by atoms with Gasteiger partial charge in [-0.1, -0.05) is 51.2 Å². The lowest BCUT2D eigenvalue weighted by atomic mass is 9.97. The summed E-state index contributed by atoms with van der Waals surface area (Å²) in [7, 11) is 0. The second-order valence-corrected chi connectivity index (χ2v) is 10.3. The molecule has 2 aliphatic rings. The molecular formula is C24H32N4O2S2. The van der Waals surface area contributed by atoms with Crippen molar-refractivity contribution in [3.8, 4) is 6.07 Å². The largest absolute Gasteiger partial charge is 0.357 e. The summed E-state index contributed by atoms with van der Waals surface area (Å²) in [5.41, 5.74) is 1.34. The second kappa shape index (κ2) is 10.7. The summed E-state index contributed by atoms with van der Waals surface area (Å²) in [6.07, 6.45) is 6.64. The van der Waals surface area contributed by atoms with Gasteiger partial charge in [-0.25, -0.2) is 0 Å². The van der Waals surface area contributed by atoms with Gasteiger partial charge in [0.25, 0.3) is 11.5 Å². The number of nitrogens with zero attached hydrogens (tertiary/aromatic N) is 4. The molecule has 0 N–H and O–H groups in total. The van der Waals surface area contributed by atoms with Crippen molar-refractivity contribution < 1.29 is 4.79 Å². The van der Waals surface area contributed by atoms with Crippen molar-refractivity contribution >= 4 is 46.1 Å². The van der Waals surface area contributed by atoms with E-state index in [-0.39, 0.29) is 17.0 Å². The van der Waals surface area contributed by atoms with Gasteiger partial charge in [-0.15, -0.1) is 0 Å². The van der Waals surface area contributed by atoms with E-state index in [2.05, 4.69) is 24.8 Å². The molecule has 0 atom stereocenters. The van der Waals surface area contributed by atoms with E-state index in [1.54, 1.807) is 9.47 Å². The lowest BCUT2D eigenvalue weighted by molar-refractivity contribution is -0.122. The molecule has 0 radical (unpaired) electrons. The number of carbonyl (C=O) groups excluding carboxylic acids is 1. The molecule has 6 nitrogen and oxygen atoms in total. The number of hydrogen-bond acceptors (Lipinski definition) is 6. The van der Waals surface area contributed by atoms with Crippen LogP contribution in [0.3, 0.4) is 0 Å². The van der Waals surface area contributed by atoms with Crippen LogP contribution in [0.1, 0.15) is 69.6 Å². The first kappa shape index (κ1) is 24.5. The van der Waals surface area contributed by atoms with Gasteiger partial charge in [-0.05, 0) is 50.2 Å². The Labute approximate surface area is 200 Å². The number of carbonyl (C=O) groups is 1. The van der Waals surface area contributed by atoms with Gasteiger partial charge in [0.15, 0.2) is 0 Å². The van der Waals surface area contributed by atoms with Crippen LogP contribution in [0.2, 0.25) is 0 Å². The highest BCUT2D eigenvalue weighted by molar-refractivity contribution is 8.26. The summed E-state index contributed by atoms with van der Waals surface area (Å²) >= 11 is 6.78. The minimum Gasteiger partial charge on any atom is -0.357 e. The maximum Gasteiger partial charge on any atom is 0.270 e. The first-order chi connectivity index (χ1) is 15.3. The van der Waals surface area contributed by atoms with E-state index in [9.17, 15) is 14.9 Å². The maximum atomic E-state index is 13.2. The van der Waals surface area contributed by atoms with Crippen molar-refractivity contribution in [2.75, 3.05) is 24.5 Å². The van der Waals surface area contributed by atoms with Crippen LogP contribution in [-0.4, -0.2) is 39.3 Å². The molecular weight excluding hydrogens is 440 g/mol. The van der Waals surface area contributed by atoms with Crippen molar-refractivity contribution in [1.29, 1.82) is 5.26 Å². The highest BCUT2D eigenvalue weighted by atomic mass is 32.2. The zero-order valence-corrected chi connectivity index (χ0v) is 21.1. The Kier molecular flexibility index (Phi) is 8.18. The molecule has 2 fully saturated rings. The fourth-order valence-corrected chi connectivity index (χ4v) is 5.57. The number of hydrogen-bond donors (Lipinski definition) is 0. The first-order valence-electron chi connectivity index (χ1n) is 11.5. The molecule has 2 saturated heterocycles. The molecule has 32 heavy (non-hydrogen) atoms. The van der Waals surface area contributed by atoms with Crippen LogP contribution in [0.4, 0.5) is 5.82 Å². The Hall–Kier alpha value is -2.11. The van der Waals surface area contributed by atoms with Crippen LogP contribution >= 0.6 is 24.0 Å². The third-order valence-corrected chi connectivity index (χ3v) is 7.64. The summed E-state index contributed by atoms with van der Waals surface area (Å²) in [5.74, 6) is 1.40. The predicted octanol–water partition coefficient (Wildman–Crippen LogP) is 4.68. The molecule has 1 aromatic heterocycles. The van der Waals surface area contributed by atoms with Gasteiger partial charge in [0.2, 0.25) is 0 Å². The van der Waals surface area contributed by atoms with Crippen molar-refractivity contribution in [1.82, 2.24) is 9.47 Å². The summed E-state index contributed by atoms with van der Waals surface area (Å²) < 4.78 is 2.31. The number of rotatable bonds is 7. The quantitative estimate of drug-likeness (QED) is 0.424. The number of pyridine rings is 1. The SMILES string of the molecule is CCCCN1C(=O)/C(=C/c2c(C)c(C#N)c(=O)n(CCC)c2N2CCC(C)CC2)SC1=S. The molecule has 3 heterocycles. The van der Waals surface area contributed by atoms with Crippen LogP contribution in [0, 0.1) is 24.2 Å². The molecule has 1 aromatic rings. The molecule has 0 spiro atoms. The van der Waals surface area contributed by atoms with Gasteiger partial charge in [-0.2, -0.15) is 5.26 Å². The average molecular weight is 473 g/mol. The minimum atomic E-state index is -0.242. The predicted molar refractivity (Wildman–Crippen MR) is 136 cm³/mol. The smallest absolute Gasteiger partial charge is 0.270 e. The Morgan fingerprint density at radius 2 is 1.88 bits per heavy atom. The number of piperidine rings is 1. The Balaban J connectivity index is 2.18. The van der Waals surface area contributed by atoms with E-state index < -0.39 is 0 Å². The zero-order valence-electron chi connectivity index (χ0n) is 19.4. The van der Waals surface area contributed by atoms with Gasteiger partial charge in [0, 0.05) is 31.7 Å². The molecule has 0 bridgehead atoms. The van der Waals surface area contributed by atoms with Crippen molar-refractivity contribution in [2.45, 2.75) is 66.3 Å². The maximum absolute atomic E-state index is 13.2. The number of amides is 1. The molecule has 0 aromatic carbocycles. The van der Waals surface area contributed by atoms with E-state index >= 15 is 0 Å². The van der Waals surface area contributed by atoms with E-state index in [1.807, 2.05) is 19.9 Å². The average Bonchev–Trinajstić information content (AvgIpc) is 3.04. The van der Waals surface area contributed by atoms with Crippen molar-refractivity contribution in [3.05, 3.63) is 31.9 Å². The lowest BCUT2D eigenvalue weighted by Crippen LogP contribution is -2.39. The van der Waals surface area contributed by atoms with Crippen LogP contribution in [0.5, 0.6) is 0 Å². The molecule has 172 valence electrons. The summed E-state index contributed by atoms with van der Waals surface area (Å²) in [6, 6.07) is 2.11. The normalized spacial score (nSPS) is 18.7. The standard InChI is InChI=1S/C24H32N4O2S2/c1-5-7-11-28-23(30)20(32-24(28)31)14-18-17(4)19(15-25)22(29)27(10-6-2)21(18)26-12-8-16(3)9-13-26/h14,16H,5-13H2,1-4H3/b20-14-. The summed E-state index contributed by atoms with van der Waals surface area (Å²) in [6.45, 7) is 11.0. The highest BCUT2D eigenvalue weighted by Gasteiger charge is 2.33. The molecule has 3 rings (SSSR count). The molecule has 2 aliphatic heterocycles. The number of aromatic nitrogens is 1. The molecule has 1 amide bonds. The first-order valence-corrected chi connectivity index (χ1v) is 12.7. The topological polar surface area (TPSA) is 69.3 Å². The lowest BCUT2D eigenvalue weighted by Gasteiger charge is -2.35. The monoisotopic (exact) mass is 472 g/mol. The summed E-state index contributed by atoms with van der Waals surface area (Å²) in [5, 5.41) is 9.75. The third-order valence-electron chi connectivity index (χ3n) is 6.26. The highest BCUT2D eigenvalue weighted by Crippen LogP contribution is 2.36.